The molecule has 4 rings (SSSR count). The van der Waals surface area contributed by atoms with Gasteiger partial charge >= 0.3 is 0 Å². The molecule has 2 aliphatic heterocycles. The van der Waals surface area contributed by atoms with E-state index in [1.165, 1.54) is 5.56 Å². The standard InChI is InChI=1S/C23H30N4O2/c1-18(28)27-17-20(19-9-4-2-5-10-19)23-21(27)11-6-3-7-15-26(23)22(29)12-16-25-14-8-13-24-25/h2,4-5,8-10,13-14,20-21,23H,3,6-7,11-12,15-17H2,1H3/t20-,21+,23-/m0/s1. The Bertz CT molecular complexity index is 821. The van der Waals surface area contributed by atoms with Gasteiger partial charge in [-0.3, -0.25) is 14.3 Å². The molecule has 0 spiro atoms. The van der Waals surface area contributed by atoms with Crippen LogP contribution in [0, 0.1) is 0 Å². The Morgan fingerprint density at radius 1 is 1.07 bits per heavy atom. The SMILES string of the molecule is CC(=O)N1C[C@@H](c2ccccc2)[C@H]2[C@H]1CCCCCN2C(=O)CCn1cccn1. The number of carbonyl (C=O) groups excluding carboxylic acids is 2. The first kappa shape index (κ1) is 19.7. The number of fused-ring (bicyclic) bond motifs is 1. The third-order valence-corrected chi connectivity index (χ3v) is 6.43. The number of likely N-dealkylation sites (tertiary alicyclic amines) is 2. The Balaban J connectivity index is 1.63. The van der Waals surface area contributed by atoms with Gasteiger partial charge in [-0.15, -0.1) is 0 Å². The molecule has 0 bridgehead atoms. The van der Waals surface area contributed by atoms with Crippen LogP contribution in [0.5, 0.6) is 0 Å². The number of hydrogen-bond donors (Lipinski definition) is 0. The predicted octanol–water partition coefficient (Wildman–Crippen LogP) is 3.06. The Morgan fingerprint density at radius 3 is 2.62 bits per heavy atom. The lowest BCUT2D eigenvalue weighted by Gasteiger charge is -2.39. The average Bonchev–Trinajstić information content (AvgIpc) is 3.35. The highest BCUT2D eigenvalue weighted by Gasteiger charge is 2.47. The quantitative estimate of drug-likeness (QED) is 0.801. The summed E-state index contributed by atoms with van der Waals surface area (Å²) < 4.78 is 1.81. The zero-order valence-corrected chi connectivity index (χ0v) is 17.1. The minimum absolute atomic E-state index is 0.0479. The molecule has 154 valence electrons. The van der Waals surface area contributed by atoms with Crippen molar-refractivity contribution in [3.8, 4) is 0 Å². The molecular formula is C23H30N4O2. The molecule has 2 aromatic rings. The van der Waals surface area contributed by atoms with Crippen molar-refractivity contribution in [2.24, 2.45) is 0 Å². The lowest BCUT2D eigenvalue weighted by atomic mass is 9.86. The van der Waals surface area contributed by atoms with Gasteiger partial charge in [-0.05, 0) is 24.5 Å². The van der Waals surface area contributed by atoms with Gasteiger partial charge in [-0.1, -0.05) is 43.2 Å². The van der Waals surface area contributed by atoms with Gasteiger partial charge in [0.2, 0.25) is 11.8 Å². The summed E-state index contributed by atoms with van der Waals surface area (Å²) in [6, 6.07) is 12.4. The Hall–Kier alpha value is -2.63. The topological polar surface area (TPSA) is 58.4 Å². The first-order valence-corrected chi connectivity index (χ1v) is 10.7. The third-order valence-electron chi connectivity index (χ3n) is 6.43. The number of hydrogen-bond acceptors (Lipinski definition) is 3. The first-order chi connectivity index (χ1) is 14.1. The van der Waals surface area contributed by atoms with Gasteiger partial charge in [0, 0.05) is 51.3 Å². The van der Waals surface area contributed by atoms with Crippen molar-refractivity contribution in [3.05, 3.63) is 54.4 Å². The van der Waals surface area contributed by atoms with E-state index in [4.69, 9.17) is 0 Å². The van der Waals surface area contributed by atoms with Crippen LogP contribution in [0.25, 0.3) is 0 Å². The summed E-state index contributed by atoms with van der Waals surface area (Å²) in [5.41, 5.74) is 1.22. The highest BCUT2D eigenvalue weighted by molar-refractivity contribution is 5.78. The second-order valence-electron chi connectivity index (χ2n) is 8.20. The third kappa shape index (κ3) is 4.21. The van der Waals surface area contributed by atoms with Gasteiger partial charge in [-0.25, -0.2) is 0 Å². The van der Waals surface area contributed by atoms with Crippen LogP contribution in [-0.4, -0.2) is 56.6 Å². The molecule has 2 aliphatic rings. The van der Waals surface area contributed by atoms with Crippen LogP contribution < -0.4 is 0 Å². The molecule has 6 heteroatoms. The van der Waals surface area contributed by atoms with Gasteiger partial charge in [0.25, 0.3) is 0 Å². The Labute approximate surface area is 172 Å². The second kappa shape index (κ2) is 8.80. The molecule has 0 radical (unpaired) electrons. The summed E-state index contributed by atoms with van der Waals surface area (Å²) in [6.45, 7) is 3.71. The van der Waals surface area contributed by atoms with Gasteiger partial charge in [0.05, 0.1) is 12.1 Å². The van der Waals surface area contributed by atoms with E-state index in [1.807, 2.05) is 40.0 Å². The van der Waals surface area contributed by atoms with Gasteiger partial charge in [-0.2, -0.15) is 5.10 Å². The molecule has 3 atom stereocenters. The lowest BCUT2D eigenvalue weighted by molar-refractivity contribution is -0.137. The summed E-state index contributed by atoms with van der Waals surface area (Å²) in [6.07, 6.45) is 8.28. The van der Waals surface area contributed by atoms with Crippen molar-refractivity contribution in [3.63, 3.8) is 0 Å². The Kier molecular flexibility index (Phi) is 5.97. The summed E-state index contributed by atoms with van der Waals surface area (Å²) in [5, 5.41) is 4.22. The highest BCUT2D eigenvalue weighted by Crippen LogP contribution is 2.39. The van der Waals surface area contributed by atoms with E-state index in [1.54, 1.807) is 13.1 Å². The van der Waals surface area contributed by atoms with Crippen molar-refractivity contribution >= 4 is 11.8 Å². The summed E-state index contributed by atoms with van der Waals surface area (Å²) >= 11 is 0. The maximum Gasteiger partial charge on any atom is 0.224 e. The highest BCUT2D eigenvalue weighted by atomic mass is 16.2. The largest absolute Gasteiger partial charge is 0.337 e. The molecule has 0 N–H and O–H groups in total. The summed E-state index contributed by atoms with van der Waals surface area (Å²) in [7, 11) is 0. The summed E-state index contributed by atoms with van der Waals surface area (Å²) in [5.74, 6) is 0.448. The van der Waals surface area contributed by atoms with Crippen molar-refractivity contribution in [1.82, 2.24) is 19.6 Å². The second-order valence-corrected chi connectivity index (χ2v) is 8.20. The molecule has 0 unspecified atom stereocenters. The molecule has 29 heavy (non-hydrogen) atoms. The van der Waals surface area contributed by atoms with Crippen LogP contribution in [-0.2, 0) is 16.1 Å². The Morgan fingerprint density at radius 2 is 1.90 bits per heavy atom. The zero-order valence-electron chi connectivity index (χ0n) is 17.1. The number of nitrogens with zero attached hydrogens (tertiary/aromatic N) is 4. The van der Waals surface area contributed by atoms with Gasteiger partial charge in [0.15, 0.2) is 0 Å². The number of benzene rings is 1. The molecule has 1 aromatic heterocycles. The van der Waals surface area contributed by atoms with Crippen LogP contribution in [0.4, 0.5) is 0 Å². The molecule has 3 heterocycles. The minimum Gasteiger partial charge on any atom is -0.337 e. The van der Waals surface area contributed by atoms with E-state index in [0.29, 0.717) is 19.5 Å². The van der Waals surface area contributed by atoms with Crippen molar-refractivity contribution < 1.29 is 9.59 Å². The number of amides is 2. The van der Waals surface area contributed by atoms with Crippen molar-refractivity contribution in [1.29, 1.82) is 0 Å². The molecule has 0 saturated carbocycles. The van der Waals surface area contributed by atoms with Crippen LogP contribution in [0.2, 0.25) is 0 Å². The maximum absolute atomic E-state index is 13.3. The van der Waals surface area contributed by atoms with Crippen LogP contribution in [0.1, 0.15) is 50.5 Å². The minimum atomic E-state index is 0.0479. The van der Waals surface area contributed by atoms with E-state index < -0.39 is 0 Å². The predicted molar refractivity (Wildman–Crippen MR) is 111 cm³/mol. The molecule has 2 saturated heterocycles. The van der Waals surface area contributed by atoms with Crippen molar-refractivity contribution in [2.75, 3.05) is 13.1 Å². The first-order valence-electron chi connectivity index (χ1n) is 10.7. The normalized spacial score (nSPS) is 24.7. The maximum atomic E-state index is 13.3. The van der Waals surface area contributed by atoms with Crippen LogP contribution in [0.3, 0.4) is 0 Å². The fourth-order valence-electron chi connectivity index (χ4n) is 5.06. The summed E-state index contributed by atoms with van der Waals surface area (Å²) in [4.78, 5) is 29.9. The van der Waals surface area contributed by atoms with Crippen molar-refractivity contribution in [2.45, 2.75) is 63.6 Å². The number of aromatic nitrogens is 2. The fraction of sp³-hybridized carbons (Fsp3) is 0.522. The molecule has 1 aromatic carbocycles. The van der Waals surface area contributed by atoms with E-state index >= 15 is 0 Å². The van der Waals surface area contributed by atoms with Gasteiger partial charge in [0.1, 0.15) is 0 Å². The monoisotopic (exact) mass is 394 g/mol. The molecular weight excluding hydrogens is 364 g/mol. The number of carbonyl (C=O) groups is 2. The molecule has 2 amide bonds. The number of aryl methyl sites for hydroxylation is 1. The average molecular weight is 395 g/mol. The molecule has 2 fully saturated rings. The van der Waals surface area contributed by atoms with E-state index in [2.05, 4.69) is 22.1 Å². The van der Waals surface area contributed by atoms with Gasteiger partial charge < -0.3 is 9.80 Å². The molecule has 6 nitrogen and oxygen atoms in total. The zero-order chi connectivity index (χ0) is 20.2. The smallest absolute Gasteiger partial charge is 0.224 e. The lowest BCUT2D eigenvalue weighted by Crippen LogP contribution is -2.51. The van der Waals surface area contributed by atoms with Crippen LogP contribution >= 0.6 is 0 Å². The van der Waals surface area contributed by atoms with E-state index in [-0.39, 0.29) is 29.8 Å². The molecule has 0 aliphatic carbocycles. The van der Waals surface area contributed by atoms with E-state index in [0.717, 1.165) is 32.2 Å². The fourth-order valence-corrected chi connectivity index (χ4v) is 5.06. The number of rotatable bonds is 4. The van der Waals surface area contributed by atoms with E-state index in [9.17, 15) is 9.59 Å². The van der Waals surface area contributed by atoms with Crippen LogP contribution in [0.15, 0.2) is 48.8 Å².